The number of para-hydroxylation sites is 1. The summed E-state index contributed by atoms with van der Waals surface area (Å²) in [5.41, 5.74) is 1.71. The minimum Gasteiger partial charge on any atom is -0.493 e. The van der Waals surface area contributed by atoms with E-state index < -0.39 is 0 Å². The number of hydrogen-bond acceptors (Lipinski definition) is 5. The molecule has 1 aliphatic rings. The predicted molar refractivity (Wildman–Crippen MR) is 91.9 cm³/mol. The molecule has 3 aromatic rings. The standard InChI is InChI=1S/C17H17N5O3/c1-24-16-11-9-18-15(8-13(11)21-22-16)20-17(23)19-12-6-7-25-14-5-3-2-4-10(12)14/h2-5,8-9,12H,6-7H2,1H3,(H,21,22)(H2,18,19,20,23). The van der Waals surface area contributed by atoms with Gasteiger partial charge in [-0.1, -0.05) is 18.2 Å². The minimum atomic E-state index is -0.319. The summed E-state index contributed by atoms with van der Waals surface area (Å²) in [4.78, 5) is 16.6. The Hall–Kier alpha value is -3.29. The fraction of sp³-hybridized carbons (Fsp3) is 0.235. The van der Waals surface area contributed by atoms with Crippen molar-refractivity contribution in [3.05, 3.63) is 42.1 Å². The van der Waals surface area contributed by atoms with E-state index in [0.29, 0.717) is 24.7 Å². The second kappa shape index (κ2) is 6.31. The Morgan fingerprint density at radius 2 is 2.28 bits per heavy atom. The third-order valence-electron chi connectivity index (χ3n) is 4.11. The number of amides is 2. The van der Waals surface area contributed by atoms with Gasteiger partial charge in [0, 0.05) is 24.2 Å². The number of aromatic nitrogens is 3. The van der Waals surface area contributed by atoms with Crippen LogP contribution in [-0.2, 0) is 0 Å². The van der Waals surface area contributed by atoms with E-state index in [-0.39, 0.29) is 12.1 Å². The molecule has 3 heterocycles. The third-order valence-corrected chi connectivity index (χ3v) is 4.11. The van der Waals surface area contributed by atoms with E-state index in [2.05, 4.69) is 25.8 Å². The SMILES string of the molecule is COc1n[nH]c2cc(NC(=O)NC3CCOc4ccccc43)ncc12. The molecule has 8 heteroatoms. The summed E-state index contributed by atoms with van der Waals surface area (Å²) in [6.45, 7) is 0.570. The number of anilines is 1. The van der Waals surface area contributed by atoms with Crippen molar-refractivity contribution in [3.8, 4) is 11.6 Å². The molecule has 8 nitrogen and oxygen atoms in total. The molecule has 1 unspecified atom stereocenters. The minimum absolute atomic E-state index is 0.0964. The molecule has 4 rings (SSSR count). The molecule has 0 saturated carbocycles. The monoisotopic (exact) mass is 339 g/mol. The van der Waals surface area contributed by atoms with E-state index in [1.807, 2.05) is 24.3 Å². The van der Waals surface area contributed by atoms with Gasteiger partial charge in [-0.3, -0.25) is 10.4 Å². The number of aromatic amines is 1. The number of carbonyl (C=O) groups excluding carboxylic acids is 1. The van der Waals surface area contributed by atoms with Crippen LogP contribution in [0.3, 0.4) is 0 Å². The van der Waals surface area contributed by atoms with Crippen molar-refractivity contribution in [2.75, 3.05) is 19.0 Å². The van der Waals surface area contributed by atoms with Gasteiger partial charge in [-0.05, 0) is 6.07 Å². The van der Waals surface area contributed by atoms with Gasteiger partial charge >= 0.3 is 6.03 Å². The number of pyridine rings is 1. The summed E-state index contributed by atoms with van der Waals surface area (Å²) >= 11 is 0. The summed E-state index contributed by atoms with van der Waals surface area (Å²) in [5.74, 6) is 1.71. The third kappa shape index (κ3) is 2.93. The van der Waals surface area contributed by atoms with Crippen LogP contribution in [0.1, 0.15) is 18.0 Å². The first kappa shape index (κ1) is 15.3. The van der Waals surface area contributed by atoms with Crippen LogP contribution < -0.4 is 20.1 Å². The number of urea groups is 1. The van der Waals surface area contributed by atoms with Crippen molar-refractivity contribution in [2.24, 2.45) is 0 Å². The second-order valence-electron chi connectivity index (χ2n) is 5.67. The first-order valence-electron chi connectivity index (χ1n) is 7.92. The number of methoxy groups -OCH3 is 1. The van der Waals surface area contributed by atoms with E-state index in [1.165, 1.54) is 0 Å². The van der Waals surface area contributed by atoms with E-state index in [9.17, 15) is 4.79 Å². The van der Waals surface area contributed by atoms with Gasteiger partial charge in [0.2, 0.25) is 5.88 Å². The fourth-order valence-corrected chi connectivity index (χ4v) is 2.92. The summed E-state index contributed by atoms with van der Waals surface area (Å²) in [7, 11) is 1.54. The molecular formula is C17H17N5O3. The summed E-state index contributed by atoms with van der Waals surface area (Å²) in [5, 5.41) is 13.3. The second-order valence-corrected chi connectivity index (χ2v) is 5.67. The molecule has 0 saturated heterocycles. The number of fused-ring (bicyclic) bond motifs is 2. The number of rotatable bonds is 3. The van der Waals surface area contributed by atoms with Gasteiger partial charge in [0.25, 0.3) is 0 Å². The molecular weight excluding hydrogens is 322 g/mol. The van der Waals surface area contributed by atoms with Crippen LogP contribution in [0.5, 0.6) is 11.6 Å². The lowest BCUT2D eigenvalue weighted by Gasteiger charge is -2.26. The Morgan fingerprint density at radius 1 is 1.40 bits per heavy atom. The van der Waals surface area contributed by atoms with Crippen molar-refractivity contribution in [2.45, 2.75) is 12.5 Å². The topological polar surface area (TPSA) is 101 Å². The highest BCUT2D eigenvalue weighted by molar-refractivity contribution is 5.92. The van der Waals surface area contributed by atoms with Crippen LogP contribution in [0.15, 0.2) is 36.5 Å². The van der Waals surface area contributed by atoms with Crippen molar-refractivity contribution in [3.63, 3.8) is 0 Å². The van der Waals surface area contributed by atoms with Gasteiger partial charge < -0.3 is 14.8 Å². The Morgan fingerprint density at radius 3 is 3.16 bits per heavy atom. The summed E-state index contributed by atoms with van der Waals surface area (Å²) in [6.07, 6.45) is 2.33. The first-order chi connectivity index (χ1) is 12.2. The van der Waals surface area contributed by atoms with Crippen LogP contribution in [0.4, 0.5) is 10.6 Å². The summed E-state index contributed by atoms with van der Waals surface area (Å²) < 4.78 is 10.7. The Labute approximate surface area is 143 Å². The van der Waals surface area contributed by atoms with Gasteiger partial charge in [-0.15, -0.1) is 5.10 Å². The van der Waals surface area contributed by atoms with Crippen LogP contribution >= 0.6 is 0 Å². The van der Waals surface area contributed by atoms with Crippen molar-refractivity contribution < 1.29 is 14.3 Å². The largest absolute Gasteiger partial charge is 0.493 e. The molecule has 25 heavy (non-hydrogen) atoms. The zero-order valence-electron chi connectivity index (χ0n) is 13.6. The molecule has 0 radical (unpaired) electrons. The number of ether oxygens (including phenoxy) is 2. The average molecular weight is 339 g/mol. The molecule has 3 N–H and O–H groups in total. The smallest absolute Gasteiger partial charge is 0.320 e. The van der Waals surface area contributed by atoms with Gasteiger partial charge in [-0.2, -0.15) is 0 Å². The van der Waals surface area contributed by atoms with Gasteiger partial charge in [0.1, 0.15) is 11.6 Å². The fourth-order valence-electron chi connectivity index (χ4n) is 2.92. The molecule has 0 fully saturated rings. The molecule has 1 aliphatic heterocycles. The van der Waals surface area contributed by atoms with Crippen molar-refractivity contribution in [1.29, 1.82) is 0 Å². The normalized spacial score (nSPS) is 16.0. The first-order valence-corrected chi connectivity index (χ1v) is 7.92. The van der Waals surface area contributed by atoms with Gasteiger partial charge in [-0.25, -0.2) is 9.78 Å². The van der Waals surface area contributed by atoms with Crippen LogP contribution in [-0.4, -0.2) is 34.9 Å². The lowest BCUT2D eigenvalue weighted by atomic mass is 10.0. The number of carbonyl (C=O) groups is 1. The highest BCUT2D eigenvalue weighted by atomic mass is 16.5. The highest BCUT2D eigenvalue weighted by Crippen LogP contribution is 2.31. The number of benzene rings is 1. The number of nitrogens with zero attached hydrogens (tertiary/aromatic N) is 2. The molecule has 0 bridgehead atoms. The summed E-state index contributed by atoms with van der Waals surface area (Å²) in [6, 6.07) is 9.01. The number of hydrogen-bond donors (Lipinski definition) is 3. The van der Waals surface area contributed by atoms with E-state index in [1.54, 1.807) is 19.4 Å². The Balaban J connectivity index is 1.48. The average Bonchev–Trinajstić information content (AvgIpc) is 3.04. The highest BCUT2D eigenvalue weighted by Gasteiger charge is 2.22. The molecule has 0 spiro atoms. The van der Waals surface area contributed by atoms with Crippen LogP contribution in [0.25, 0.3) is 10.9 Å². The van der Waals surface area contributed by atoms with Gasteiger partial charge in [0.05, 0.1) is 30.7 Å². The Kier molecular flexibility index (Phi) is 3.85. The zero-order chi connectivity index (χ0) is 17.2. The molecule has 128 valence electrons. The number of H-pyrrole nitrogens is 1. The van der Waals surface area contributed by atoms with E-state index >= 15 is 0 Å². The maximum Gasteiger partial charge on any atom is 0.320 e. The number of nitrogens with one attached hydrogen (secondary N) is 3. The van der Waals surface area contributed by atoms with Gasteiger partial charge in [0.15, 0.2) is 0 Å². The quantitative estimate of drug-likeness (QED) is 0.681. The molecule has 2 aromatic heterocycles. The molecule has 2 amide bonds. The Bertz CT molecular complexity index is 924. The molecule has 1 aromatic carbocycles. The van der Waals surface area contributed by atoms with E-state index in [4.69, 9.17) is 9.47 Å². The maximum absolute atomic E-state index is 12.3. The van der Waals surface area contributed by atoms with Crippen LogP contribution in [0.2, 0.25) is 0 Å². The van der Waals surface area contributed by atoms with Crippen molar-refractivity contribution in [1.82, 2.24) is 20.5 Å². The zero-order valence-corrected chi connectivity index (χ0v) is 13.6. The maximum atomic E-state index is 12.3. The molecule has 1 atom stereocenters. The van der Waals surface area contributed by atoms with E-state index in [0.717, 1.165) is 22.2 Å². The van der Waals surface area contributed by atoms with Crippen molar-refractivity contribution >= 4 is 22.8 Å². The van der Waals surface area contributed by atoms with Crippen LogP contribution in [0, 0.1) is 0 Å². The lowest BCUT2D eigenvalue weighted by Crippen LogP contribution is -2.35. The molecule has 0 aliphatic carbocycles. The lowest BCUT2D eigenvalue weighted by molar-refractivity contribution is 0.232. The predicted octanol–water partition coefficient (Wildman–Crippen LogP) is 2.61.